The molecule has 29 heavy (non-hydrogen) atoms. The standard InChI is InChI=1S/C22H21F4NO2/c23-17-5-3-14(8-19(17)25)9-21(28)27-11-15-2-1-7-22(15,12-27)13-29-16-4-6-18(24)20(26)10-16/h3-6,8,10,15H,1-2,7,9,11-13H2. The molecule has 4 rings (SSSR count). The Labute approximate surface area is 166 Å². The second kappa shape index (κ2) is 7.69. The van der Waals surface area contributed by atoms with Crippen molar-refractivity contribution in [1.29, 1.82) is 0 Å². The summed E-state index contributed by atoms with van der Waals surface area (Å²) in [6.45, 7) is 1.41. The highest BCUT2D eigenvalue weighted by atomic mass is 19.2. The number of likely N-dealkylation sites (tertiary alicyclic amines) is 1. The zero-order valence-corrected chi connectivity index (χ0v) is 15.8. The summed E-state index contributed by atoms with van der Waals surface area (Å²) in [6, 6.07) is 6.92. The van der Waals surface area contributed by atoms with E-state index >= 15 is 0 Å². The SMILES string of the molecule is O=C(Cc1ccc(F)c(F)c1)N1CC2CCCC2(COc2ccc(F)c(F)c2)C1. The summed E-state index contributed by atoms with van der Waals surface area (Å²) in [4.78, 5) is 14.5. The predicted molar refractivity (Wildman–Crippen MR) is 98.3 cm³/mol. The number of hydrogen-bond acceptors (Lipinski definition) is 2. The van der Waals surface area contributed by atoms with Crippen molar-refractivity contribution in [1.82, 2.24) is 4.90 Å². The van der Waals surface area contributed by atoms with Gasteiger partial charge in [-0.25, -0.2) is 17.6 Å². The molecule has 2 fully saturated rings. The molecule has 2 unspecified atom stereocenters. The Morgan fingerprint density at radius 1 is 1.03 bits per heavy atom. The van der Waals surface area contributed by atoms with Crippen molar-refractivity contribution >= 4 is 5.91 Å². The van der Waals surface area contributed by atoms with Gasteiger partial charge in [0.25, 0.3) is 0 Å². The van der Waals surface area contributed by atoms with Gasteiger partial charge >= 0.3 is 0 Å². The van der Waals surface area contributed by atoms with E-state index in [1.54, 1.807) is 4.90 Å². The molecule has 1 amide bonds. The summed E-state index contributed by atoms with van der Waals surface area (Å²) in [5, 5.41) is 0. The molecule has 2 aliphatic rings. The van der Waals surface area contributed by atoms with Crippen molar-refractivity contribution in [2.24, 2.45) is 11.3 Å². The normalized spacial score (nSPS) is 23.3. The summed E-state index contributed by atoms with van der Waals surface area (Å²) in [5.74, 6) is -3.41. The summed E-state index contributed by atoms with van der Waals surface area (Å²) in [5.41, 5.74) is 0.201. The minimum absolute atomic E-state index is 0.00400. The van der Waals surface area contributed by atoms with Crippen LogP contribution in [0.2, 0.25) is 0 Å². The molecule has 0 spiro atoms. The van der Waals surface area contributed by atoms with E-state index in [0.717, 1.165) is 43.5 Å². The molecule has 0 bridgehead atoms. The molecule has 0 N–H and O–H groups in total. The van der Waals surface area contributed by atoms with Crippen LogP contribution in [0.5, 0.6) is 5.75 Å². The molecule has 1 aliphatic heterocycles. The molecule has 0 radical (unpaired) electrons. The second-order valence-corrected chi connectivity index (χ2v) is 8.02. The highest BCUT2D eigenvalue weighted by molar-refractivity contribution is 5.79. The lowest BCUT2D eigenvalue weighted by Crippen LogP contribution is -2.36. The van der Waals surface area contributed by atoms with Gasteiger partial charge < -0.3 is 9.64 Å². The van der Waals surface area contributed by atoms with Crippen LogP contribution in [0.25, 0.3) is 0 Å². The molecule has 3 nitrogen and oxygen atoms in total. The molecular weight excluding hydrogens is 386 g/mol. The zero-order chi connectivity index (χ0) is 20.6. The van der Waals surface area contributed by atoms with Gasteiger partial charge in [-0.05, 0) is 48.6 Å². The lowest BCUT2D eigenvalue weighted by Gasteiger charge is -2.28. The molecule has 1 saturated heterocycles. The van der Waals surface area contributed by atoms with Gasteiger partial charge in [-0.15, -0.1) is 0 Å². The van der Waals surface area contributed by atoms with Crippen LogP contribution >= 0.6 is 0 Å². The maximum absolute atomic E-state index is 13.4. The number of carbonyl (C=O) groups excluding carboxylic acids is 1. The van der Waals surface area contributed by atoms with E-state index in [0.29, 0.717) is 25.3 Å². The molecule has 7 heteroatoms. The lowest BCUT2D eigenvalue weighted by atomic mass is 9.81. The van der Waals surface area contributed by atoms with Crippen molar-refractivity contribution < 1.29 is 27.1 Å². The first-order valence-electron chi connectivity index (χ1n) is 9.66. The molecule has 1 heterocycles. The molecule has 2 aromatic carbocycles. The fourth-order valence-electron chi connectivity index (χ4n) is 4.57. The second-order valence-electron chi connectivity index (χ2n) is 8.02. The van der Waals surface area contributed by atoms with Gasteiger partial charge in [-0.3, -0.25) is 4.79 Å². The van der Waals surface area contributed by atoms with Gasteiger partial charge in [-0.2, -0.15) is 0 Å². The van der Waals surface area contributed by atoms with Gasteiger partial charge in [-0.1, -0.05) is 12.5 Å². The van der Waals surface area contributed by atoms with Crippen LogP contribution in [-0.2, 0) is 11.2 Å². The Morgan fingerprint density at radius 2 is 1.76 bits per heavy atom. The predicted octanol–water partition coefficient (Wildman–Crippen LogP) is 4.49. The first-order chi connectivity index (χ1) is 13.9. The maximum Gasteiger partial charge on any atom is 0.227 e. The highest BCUT2D eigenvalue weighted by Crippen LogP contribution is 2.49. The van der Waals surface area contributed by atoms with E-state index in [-0.39, 0.29) is 29.4 Å². The van der Waals surface area contributed by atoms with Crippen molar-refractivity contribution in [2.75, 3.05) is 19.7 Å². The average Bonchev–Trinajstić information content (AvgIpc) is 3.23. The Kier molecular flexibility index (Phi) is 5.23. The smallest absolute Gasteiger partial charge is 0.227 e. The first kappa shape index (κ1) is 19.7. The van der Waals surface area contributed by atoms with E-state index in [4.69, 9.17) is 4.74 Å². The molecular formula is C22H21F4NO2. The number of benzene rings is 2. The van der Waals surface area contributed by atoms with Gasteiger partial charge in [0.15, 0.2) is 23.3 Å². The van der Waals surface area contributed by atoms with Gasteiger partial charge in [0.2, 0.25) is 5.91 Å². The van der Waals surface area contributed by atoms with Crippen molar-refractivity contribution in [3.05, 3.63) is 65.2 Å². The van der Waals surface area contributed by atoms with Crippen molar-refractivity contribution in [3.8, 4) is 5.75 Å². The van der Waals surface area contributed by atoms with Gasteiger partial charge in [0, 0.05) is 24.6 Å². The van der Waals surface area contributed by atoms with Crippen LogP contribution in [-0.4, -0.2) is 30.5 Å². The molecule has 0 aromatic heterocycles. The van der Waals surface area contributed by atoms with Gasteiger partial charge in [0.1, 0.15) is 5.75 Å². The van der Waals surface area contributed by atoms with Crippen LogP contribution in [0.1, 0.15) is 24.8 Å². The van der Waals surface area contributed by atoms with Gasteiger partial charge in [0.05, 0.1) is 13.0 Å². The number of hydrogen-bond donors (Lipinski definition) is 0. The van der Waals surface area contributed by atoms with Crippen LogP contribution in [0.4, 0.5) is 17.6 Å². The Hall–Kier alpha value is -2.57. The van der Waals surface area contributed by atoms with Crippen LogP contribution in [0.15, 0.2) is 36.4 Å². The number of nitrogens with zero attached hydrogens (tertiary/aromatic N) is 1. The van der Waals surface area contributed by atoms with Crippen LogP contribution in [0.3, 0.4) is 0 Å². The summed E-state index contributed by atoms with van der Waals surface area (Å²) in [7, 11) is 0. The third kappa shape index (κ3) is 3.95. The molecule has 1 saturated carbocycles. The third-order valence-corrected chi connectivity index (χ3v) is 6.15. The van der Waals surface area contributed by atoms with Crippen LogP contribution < -0.4 is 4.74 Å². The number of rotatable bonds is 5. The topological polar surface area (TPSA) is 29.5 Å². The summed E-state index contributed by atoms with van der Waals surface area (Å²) in [6.07, 6.45) is 2.88. The molecule has 1 aliphatic carbocycles. The summed E-state index contributed by atoms with van der Waals surface area (Å²) >= 11 is 0. The average molecular weight is 407 g/mol. The number of ether oxygens (including phenoxy) is 1. The fourth-order valence-corrected chi connectivity index (χ4v) is 4.57. The van der Waals surface area contributed by atoms with E-state index in [9.17, 15) is 22.4 Å². The Morgan fingerprint density at radius 3 is 2.48 bits per heavy atom. The largest absolute Gasteiger partial charge is 0.493 e. The highest BCUT2D eigenvalue weighted by Gasteiger charge is 2.51. The quantitative estimate of drug-likeness (QED) is 0.684. The molecule has 154 valence electrons. The minimum atomic E-state index is -0.968. The van der Waals surface area contributed by atoms with Crippen molar-refractivity contribution in [2.45, 2.75) is 25.7 Å². The lowest BCUT2D eigenvalue weighted by molar-refractivity contribution is -0.130. The Balaban J connectivity index is 1.42. The van der Waals surface area contributed by atoms with E-state index in [1.165, 1.54) is 12.1 Å². The number of amides is 1. The molecule has 2 atom stereocenters. The first-order valence-corrected chi connectivity index (χ1v) is 9.66. The Bertz CT molecular complexity index is 935. The van der Waals surface area contributed by atoms with Crippen LogP contribution in [0, 0.1) is 34.6 Å². The minimum Gasteiger partial charge on any atom is -0.493 e. The fraction of sp³-hybridized carbons (Fsp3) is 0.409. The van der Waals surface area contributed by atoms with E-state index in [1.807, 2.05) is 0 Å². The monoisotopic (exact) mass is 407 g/mol. The third-order valence-electron chi connectivity index (χ3n) is 6.15. The van der Waals surface area contributed by atoms with Crippen molar-refractivity contribution in [3.63, 3.8) is 0 Å². The number of halogens is 4. The maximum atomic E-state index is 13.4. The van der Waals surface area contributed by atoms with E-state index < -0.39 is 23.3 Å². The number of carbonyl (C=O) groups is 1. The van der Waals surface area contributed by atoms with E-state index in [2.05, 4.69) is 0 Å². The zero-order valence-electron chi connectivity index (χ0n) is 15.8. The number of fused-ring (bicyclic) bond motifs is 1. The molecule has 2 aromatic rings. The summed E-state index contributed by atoms with van der Waals surface area (Å²) < 4.78 is 58.8.